The van der Waals surface area contributed by atoms with E-state index < -0.39 is 10.0 Å². The van der Waals surface area contributed by atoms with Gasteiger partial charge in [-0.15, -0.1) is 0 Å². The van der Waals surface area contributed by atoms with E-state index in [1.165, 1.54) is 10.6 Å². The van der Waals surface area contributed by atoms with E-state index in [0.29, 0.717) is 6.54 Å². The molecule has 0 rings (SSSR count). The van der Waals surface area contributed by atoms with E-state index in [9.17, 15) is 13.2 Å². The van der Waals surface area contributed by atoms with Crippen molar-refractivity contribution in [3.63, 3.8) is 0 Å². The fourth-order valence-corrected chi connectivity index (χ4v) is 2.59. The fourth-order valence-electron chi connectivity index (χ4n) is 1.71. The number of nitrogens with zero attached hydrogens (tertiary/aromatic N) is 2. The van der Waals surface area contributed by atoms with Crippen LogP contribution in [0.4, 0.5) is 0 Å². The summed E-state index contributed by atoms with van der Waals surface area (Å²) < 4.78 is 24.6. The molecule has 0 heterocycles. The molecule has 5 nitrogen and oxygen atoms in total. The molecule has 0 aromatic rings. The molecule has 0 saturated carbocycles. The van der Waals surface area contributed by atoms with Crippen molar-refractivity contribution in [1.29, 1.82) is 0 Å². The summed E-state index contributed by atoms with van der Waals surface area (Å²) >= 11 is 0. The van der Waals surface area contributed by atoms with E-state index in [0.717, 1.165) is 32.2 Å². The number of hydrogen-bond donors (Lipinski definition) is 0. The van der Waals surface area contributed by atoms with Gasteiger partial charge in [0.05, 0.1) is 6.26 Å². The van der Waals surface area contributed by atoms with Crippen LogP contribution in [0, 0.1) is 0 Å². The van der Waals surface area contributed by atoms with Crippen molar-refractivity contribution in [3.8, 4) is 0 Å². The molecule has 0 aliphatic carbocycles. The van der Waals surface area contributed by atoms with E-state index in [2.05, 4.69) is 6.92 Å². The Hall–Kier alpha value is -0.620. The topological polar surface area (TPSA) is 57.7 Å². The quantitative estimate of drug-likeness (QED) is 0.616. The molecule has 0 radical (unpaired) electrons. The molecule has 0 unspecified atom stereocenters. The van der Waals surface area contributed by atoms with Crippen LogP contribution in [0.2, 0.25) is 0 Å². The highest BCUT2D eigenvalue weighted by molar-refractivity contribution is 7.88. The predicted molar refractivity (Wildman–Crippen MR) is 78.5 cm³/mol. The molecular weight excluding hydrogens is 264 g/mol. The lowest BCUT2D eigenvalue weighted by Gasteiger charge is -2.22. The molecule has 0 N–H and O–H groups in total. The van der Waals surface area contributed by atoms with Crippen molar-refractivity contribution in [2.45, 2.75) is 46.0 Å². The summed E-state index contributed by atoms with van der Waals surface area (Å²) in [6.45, 7) is 5.62. The Morgan fingerprint density at radius 3 is 2.00 bits per heavy atom. The van der Waals surface area contributed by atoms with Gasteiger partial charge < -0.3 is 4.90 Å². The molecule has 0 aliphatic rings. The SMILES string of the molecule is CCCCN(C)C(=O)CCN(CCCC)S(C)(=O)=O. The lowest BCUT2D eigenvalue weighted by atomic mass is 10.3. The highest BCUT2D eigenvalue weighted by Crippen LogP contribution is 2.04. The number of rotatable bonds is 10. The van der Waals surface area contributed by atoms with Gasteiger partial charge in [0.1, 0.15) is 0 Å². The monoisotopic (exact) mass is 292 g/mol. The predicted octanol–water partition coefficient (Wildman–Crippen LogP) is 1.70. The van der Waals surface area contributed by atoms with Crippen LogP contribution in [-0.4, -0.2) is 56.5 Å². The zero-order chi connectivity index (χ0) is 14.9. The maximum absolute atomic E-state index is 11.9. The van der Waals surface area contributed by atoms with Crippen LogP contribution in [-0.2, 0) is 14.8 Å². The summed E-state index contributed by atoms with van der Waals surface area (Å²) in [6, 6.07) is 0. The molecule has 0 aromatic carbocycles. The largest absolute Gasteiger partial charge is 0.346 e. The highest BCUT2D eigenvalue weighted by Gasteiger charge is 2.18. The van der Waals surface area contributed by atoms with E-state index in [4.69, 9.17) is 0 Å². The van der Waals surface area contributed by atoms with Gasteiger partial charge in [0, 0.05) is 33.1 Å². The Morgan fingerprint density at radius 2 is 1.53 bits per heavy atom. The summed E-state index contributed by atoms with van der Waals surface area (Å²) in [4.78, 5) is 13.5. The molecule has 0 aromatic heterocycles. The van der Waals surface area contributed by atoms with Gasteiger partial charge in [0.2, 0.25) is 15.9 Å². The van der Waals surface area contributed by atoms with Crippen LogP contribution in [0.1, 0.15) is 46.0 Å². The Labute approximate surface area is 118 Å². The van der Waals surface area contributed by atoms with Gasteiger partial charge in [-0.2, -0.15) is 0 Å². The molecule has 114 valence electrons. The van der Waals surface area contributed by atoms with Crippen LogP contribution >= 0.6 is 0 Å². The average Bonchev–Trinajstić information content (AvgIpc) is 2.33. The van der Waals surface area contributed by atoms with Crippen molar-refractivity contribution in [2.24, 2.45) is 0 Å². The van der Waals surface area contributed by atoms with Crippen molar-refractivity contribution in [2.75, 3.05) is 32.9 Å². The van der Waals surface area contributed by atoms with Crippen molar-refractivity contribution in [1.82, 2.24) is 9.21 Å². The fraction of sp³-hybridized carbons (Fsp3) is 0.923. The first kappa shape index (κ1) is 18.4. The van der Waals surface area contributed by atoms with Crippen LogP contribution in [0.3, 0.4) is 0 Å². The molecule has 1 amide bonds. The first-order valence-electron chi connectivity index (χ1n) is 7.02. The maximum Gasteiger partial charge on any atom is 0.223 e. The highest BCUT2D eigenvalue weighted by atomic mass is 32.2. The third-order valence-corrected chi connectivity index (χ3v) is 4.38. The minimum atomic E-state index is -3.21. The summed E-state index contributed by atoms with van der Waals surface area (Å²) in [5.74, 6) is 0.0126. The smallest absolute Gasteiger partial charge is 0.223 e. The van der Waals surface area contributed by atoms with Gasteiger partial charge in [-0.05, 0) is 12.8 Å². The van der Waals surface area contributed by atoms with E-state index in [-0.39, 0.29) is 18.9 Å². The van der Waals surface area contributed by atoms with Crippen molar-refractivity contribution in [3.05, 3.63) is 0 Å². The number of carbonyl (C=O) groups excluding carboxylic acids is 1. The minimum Gasteiger partial charge on any atom is -0.346 e. The molecule has 0 saturated heterocycles. The number of hydrogen-bond acceptors (Lipinski definition) is 3. The second-order valence-electron chi connectivity index (χ2n) is 4.93. The van der Waals surface area contributed by atoms with Gasteiger partial charge >= 0.3 is 0 Å². The van der Waals surface area contributed by atoms with Crippen LogP contribution in [0.25, 0.3) is 0 Å². The standard InChI is InChI=1S/C13H28N2O3S/c1-5-7-10-14(3)13(16)9-12-15(11-8-6-2)19(4,17)18/h5-12H2,1-4H3. The molecule has 0 atom stereocenters. The summed E-state index contributed by atoms with van der Waals surface area (Å²) in [6.07, 6.45) is 5.26. The van der Waals surface area contributed by atoms with Gasteiger partial charge in [-0.3, -0.25) is 4.79 Å². The zero-order valence-corrected chi connectivity index (χ0v) is 13.5. The second-order valence-corrected chi connectivity index (χ2v) is 6.92. The molecule has 19 heavy (non-hydrogen) atoms. The van der Waals surface area contributed by atoms with Gasteiger partial charge in [0.15, 0.2) is 0 Å². The lowest BCUT2D eigenvalue weighted by Crippen LogP contribution is -2.36. The summed E-state index contributed by atoms with van der Waals surface area (Å²) in [7, 11) is -1.44. The van der Waals surface area contributed by atoms with Crippen LogP contribution in [0.15, 0.2) is 0 Å². The number of amides is 1. The van der Waals surface area contributed by atoms with Gasteiger partial charge in [-0.1, -0.05) is 26.7 Å². The van der Waals surface area contributed by atoms with Crippen LogP contribution < -0.4 is 0 Å². The first-order valence-corrected chi connectivity index (χ1v) is 8.86. The normalized spacial score (nSPS) is 11.8. The van der Waals surface area contributed by atoms with Crippen LogP contribution in [0.5, 0.6) is 0 Å². The van der Waals surface area contributed by atoms with Gasteiger partial charge in [0.25, 0.3) is 0 Å². The average molecular weight is 292 g/mol. The summed E-state index contributed by atoms with van der Waals surface area (Å²) in [5, 5.41) is 0. The Morgan fingerprint density at radius 1 is 1.00 bits per heavy atom. The third kappa shape index (κ3) is 8.21. The van der Waals surface area contributed by atoms with Gasteiger partial charge in [-0.25, -0.2) is 12.7 Å². The van der Waals surface area contributed by atoms with Crippen molar-refractivity contribution >= 4 is 15.9 Å². The number of sulfonamides is 1. The number of carbonyl (C=O) groups is 1. The third-order valence-electron chi connectivity index (χ3n) is 3.08. The molecule has 0 spiro atoms. The maximum atomic E-state index is 11.9. The van der Waals surface area contributed by atoms with Crippen molar-refractivity contribution < 1.29 is 13.2 Å². The minimum absolute atomic E-state index is 0.0126. The lowest BCUT2D eigenvalue weighted by molar-refractivity contribution is -0.130. The first-order chi connectivity index (χ1) is 8.82. The zero-order valence-electron chi connectivity index (χ0n) is 12.7. The second kappa shape index (κ2) is 9.31. The molecule has 0 bridgehead atoms. The molecule has 0 fully saturated rings. The summed E-state index contributed by atoms with van der Waals surface area (Å²) in [5.41, 5.74) is 0. The van der Waals surface area contributed by atoms with E-state index >= 15 is 0 Å². The van der Waals surface area contributed by atoms with E-state index in [1.807, 2.05) is 6.92 Å². The Kier molecular flexibility index (Phi) is 9.01. The van der Waals surface area contributed by atoms with E-state index in [1.54, 1.807) is 11.9 Å². The number of unbranched alkanes of at least 4 members (excludes halogenated alkanes) is 2. The molecule has 6 heteroatoms. The Balaban J connectivity index is 4.27. The Bertz CT molecular complexity index is 355. The molecule has 0 aliphatic heterocycles. The molecular formula is C13H28N2O3S.